The summed E-state index contributed by atoms with van der Waals surface area (Å²) in [5, 5.41) is 0. The highest BCUT2D eigenvalue weighted by Crippen LogP contribution is 2.29. The van der Waals surface area contributed by atoms with Crippen molar-refractivity contribution in [3.05, 3.63) is 29.0 Å². The average molecular weight is 375 g/mol. The van der Waals surface area contributed by atoms with Crippen LogP contribution in [0.4, 0.5) is 5.69 Å². The molecule has 2 aromatic rings. The minimum Gasteiger partial charge on any atom is -0.370 e. The molecule has 2 aromatic heterocycles. The third-order valence-corrected chi connectivity index (χ3v) is 5.65. The quantitative estimate of drug-likeness (QED) is 0.798. The highest BCUT2D eigenvalue weighted by molar-refractivity contribution is 9.10. The van der Waals surface area contributed by atoms with Crippen LogP contribution in [-0.2, 0) is 0 Å². The normalized spacial score (nSPS) is 23.3. The number of halogens is 1. The van der Waals surface area contributed by atoms with E-state index in [1.807, 2.05) is 12.4 Å². The van der Waals surface area contributed by atoms with Gasteiger partial charge in [0.1, 0.15) is 5.52 Å². The number of hydrogen-bond acceptors (Lipinski definition) is 4. The molecule has 4 heterocycles. The van der Waals surface area contributed by atoms with Crippen LogP contribution in [0, 0.1) is 0 Å². The first kappa shape index (κ1) is 15.3. The number of aromatic nitrogens is 2. The van der Waals surface area contributed by atoms with Crippen molar-refractivity contribution >= 4 is 32.7 Å². The molecule has 5 heteroatoms. The molecule has 0 saturated carbocycles. The molecule has 0 aromatic carbocycles. The lowest BCUT2D eigenvalue weighted by molar-refractivity contribution is 0.225. The Morgan fingerprint density at radius 2 is 1.87 bits per heavy atom. The van der Waals surface area contributed by atoms with E-state index in [1.54, 1.807) is 0 Å². The van der Waals surface area contributed by atoms with Gasteiger partial charge in [0.15, 0.2) is 0 Å². The van der Waals surface area contributed by atoms with Gasteiger partial charge < -0.3 is 9.80 Å². The van der Waals surface area contributed by atoms with Gasteiger partial charge in [-0.3, -0.25) is 9.97 Å². The van der Waals surface area contributed by atoms with Crippen LogP contribution in [0.3, 0.4) is 0 Å². The Balaban J connectivity index is 1.56. The number of pyridine rings is 2. The van der Waals surface area contributed by atoms with Gasteiger partial charge in [-0.1, -0.05) is 0 Å². The summed E-state index contributed by atoms with van der Waals surface area (Å²) in [5.41, 5.74) is 3.23. The van der Waals surface area contributed by atoms with Crippen molar-refractivity contribution in [3.8, 4) is 0 Å². The molecular formula is C18H23BrN4. The molecule has 0 aliphatic carbocycles. The van der Waals surface area contributed by atoms with Crippen LogP contribution in [0.25, 0.3) is 11.0 Å². The second kappa shape index (κ2) is 6.73. The van der Waals surface area contributed by atoms with Gasteiger partial charge in [-0.2, -0.15) is 0 Å². The van der Waals surface area contributed by atoms with E-state index in [0.717, 1.165) is 34.6 Å². The monoisotopic (exact) mass is 374 g/mol. The fourth-order valence-corrected chi connectivity index (χ4v) is 4.36. The van der Waals surface area contributed by atoms with Gasteiger partial charge in [0, 0.05) is 36.0 Å². The summed E-state index contributed by atoms with van der Waals surface area (Å²) in [5.74, 6) is 0. The molecule has 4 nitrogen and oxygen atoms in total. The molecule has 0 N–H and O–H groups in total. The average Bonchev–Trinajstić information content (AvgIpc) is 2.99. The van der Waals surface area contributed by atoms with Crippen molar-refractivity contribution in [2.75, 3.05) is 31.1 Å². The SMILES string of the molecule is Brc1cnc2c(N3CCCC(N4CCCC4)CC3)ccnc2c1. The smallest absolute Gasteiger partial charge is 0.112 e. The number of rotatable bonds is 2. The van der Waals surface area contributed by atoms with E-state index in [9.17, 15) is 0 Å². The lowest BCUT2D eigenvalue weighted by Crippen LogP contribution is -2.33. The van der Waals surface area contributed by atoms with Gasteiger partial charge in [0.05, 0.1) is 11.2 Å². The maximum Gasteiger partial charge on any atom is 0.112 e. The number of hydrogen-bond donors (Lipinski definition) is 0. The van der Waals surface area contributed by atoms with Crippen molar-refractivity contribution in [3.63, 3.8) is 0 Å². The van der Waals surface area contributed by atoms with Crippen molar-refractivity contribution in [1.29, 1.82) is 0 Å². The number of likely N-dealkylation sites (tertiary alicyclic amines) is 1. The zero-order chi connectivity index (χ0) is 15.6. The predicted octanol–water partition coefficient (Wildman–Crippen LogP) is 3.85. The molecule has 0 amide bonds. The Morgan fingerprint density at radius 1 is 1.00 bits per heavy atom. The lowest BCUT2D eigenvalue weighted by atomic mass is 10.1. The lowest BCUT2D eigenvalue weighted by Gasteiger charge is -2.27. The first-order valence-electron chi connectivity index (χ1n) is 8.70. The summed E-state index contributed by atoms with van der Waals surface area (Å²) in [6, 6.07) is 4.95. The van der Waals surface area contributed by atoms with E-state index < -0.39 is 0 Å². The molecule has 23 heavy (non-hydrogen) atoms. The highest BCUT2D eigenvalue weighted by Gasteiger charge is 2.25. The topological polar surface area (TPSA) is 32.3 Å². The van der Waals surface area contributed by atoms with Crippen molar-refractivity contribution in [2.45, 2.75) is 38.1 Å². The molecule has 2 aliphatic heterocycles. The second-order valence-corrected chi connectivity index (χ2v) is 7.58. The first-order chi connectivity index (χ1) is 11.3. The molecule has 2 fully saturated rings. The van der Waals surface area contributed by atoms with E-state index in [4.69, 9.17) is 0 Å². The first-order valence-corrected chi connectivity index (χ1v) is 9.50. The van der Waals surface area contributed by atoms with Crippen molar-refractivity contribution in [1.82, 2.24) is 14.9 Å². The Morgan fingerprint density at radius 3 is 2.74 bits per heavy atom. The van der Waals surface area contributed by atoms with Gasteiger partial charge in [-0.25, -0.2) is 0 Å². The molecule has 0 bridgehead atoms. The second-order valence-electron chi connectivity index (χ2n) is 6.67. The molecule has 1 atom stereocenters. The van der Waals surface area contributed by atoms with E-state index in [-0.39, 0.29) is 0 Å². The van der Waals surface area contributed by atoms with Crippen LogP contribution in [0.2, 0.25) is 0 Å². The molecule has 4 rings (SSSR count). The van der Waals surface area contributed by atoms with E-state index in [0.29, 0.717) is 0 Å². The van der Waals surface area contributed by atoms with E-state index in [2.05, 4.69) is 47.8 Å². The van der Waals surface area contributed by atoms with Gasteiger partial charge in [-0.05, 0) is 73.3 Å². The molecule has 0 spiro atoms. The van der Waals surface area contributed by atoms with Crippen LogP contribution in [0.1, 0.15) is 32.1 Å². The van der Waals surface area contributed by atoms with E-state index >= 15 is 0 Å². The zero-order valence-corrected chi connectivity index (χ0v) is 15.0. The summed E-state index contributed by atoms with van der Waals surface area (Å²) in [6.07, 6.45) is 10.4. The molecule has 122 valence electrons. The predicted molar refractivity (Wildman–Crippen MR) is 97.9 cm³/mol. The summed E-state index contributed by atoms with van der Waals surface area (Å²) in [4.78, 5) is 14.3. The fourth-order valence-electron chi connectivity index (χ4n) is 4.04. The summed E-state index contributed by atoms with van der Waals surface area (Å²) in [6.45, 7) is 4.86. The maximum absolute atomic E-state index is 4.62. The van der Waals surface area contributed by atoms with Gasteiger partial charge in [0.25, 0.3) is 0 Å². The Labute approximate surface area is 146 Å². The number of nitrogens with zero attached hydrogens (tertiary/aromatic N) is 4. The van der Waals surface area contributed by atoms with Gasteiger partial charge >= 0.3 is 0 Å². The zero-order valence-electron chi connectivity index (χ0n) is 13.4. The third-order valence-electron chi connectivity index (χ3n) is 5.22. The Kier molecular flexibility index (Phi) is 4.49. The van der Waals surface area contributed by atoms with E-state index in [1.165, 1.54) is 50.9 Å². The Bertz CT molecular complexity index is 684. The largest absolute Gasteiger partial charge is 0.370 e. The maximum atomic E-state index is 4.62. The third kappa shape index (κ3) is 3.22. The standard InChI is InChI=1S/C18H23BrN4/c19-14-12-16-18(21-13-14)17(5-7-20-16)23-10-3-4-15(6-11-23)22-8-1-2-9-22/h5,7,12-13,15H,1-4,6,8-11H2. The summed E-state index contributed by atoms with van der Waals surface area (Å²) < 4.78 is 0.986. The minimum absolute atomic E-state index is 0.776. The highest BCUT2D eigenvalue weighted by atomic mass is 79.9. The molecular weight excluding hydrogens is 352 g/mol. The summed E-state index contributed by atoms with van der Waals surface area (Å²) in [7, 11) is 0. The molecule has 2 aliphatic rings. The van der Waals surface area contributed by atoms with Crippen LogP contribution in [0.15, 0.2) is 29.0 Å². The number of anilines is 1. The van der Waals surface area contributed by atoms with Crippen LogP contribution >= 0.6 is 15.9 Å². The van der Waals surface area contributed by atoms with Gasteiger partial charge in [0.2, 0.25) is 0 Å². The van der Waals surface area contributed by atoms with Crippen molar-refractivity contribution < 1.29 is 0 Å². The Hall–Kier alpha value is -1.20. The molecule has 0 radical (unpaired) electrons. The summed E-state index contributed by atoms with van der Waals surface area (Å²) >= 11 is 3.49. The van der Waals surface area contributed by atoms with Gasteiger partial charge in [-0.15, -0.1) is 0 Å². The minimum atomic E-state index is 0.776. The molecule has 2 saturated heterocycles. The fraction of sp³-hybridized carbons (Fsp3) is 0.556. The van der Waals surface area contributed by atoms with Crippen LogP contribution < -0.4 is 4.90 Å². The van der Waals surface area contributed by atoms with Crippen molar-refractivity contribution in [2.24, 2.45) is 0 Å². The van der Waals surface area contributed by atoms with Crippen LogP contribution in [0.5, 0.6) is 0 Å². The number of fused-ring (bicyclic) bond motifs is 1. The van der Waals surface area contributed by atoms with Crippen LogP contribution in [-0.4, -0.2) is 47.1 Å². The molecule has 1 unspecified atom stereocenters.